The molecule has 1 amide bonds. The molecule has 0 aromatic heterocycles. The summed E-state index contributed by atoms with van der Waals surface area (Å²) < 4.78 is 0. The Balaban J connectivity index is 3.69. The fraction of sp³-hybridized carbons (Fsp3) is 0.769. The molecule has 0 aliphatic rings. The normalized spacial score (nSPS) is 11.8. The van der Waals surface area contributed by atoms with E-state index in [0.717, 1.165) is 38.5 Å². The number of terminal acetylenes is 1. The lowest BCUT2D eigenvalue weighted by molar-refractivity contribution is -0.125. The minimum Gasteiger partial charge on any atom is -0.356 e. The van der Waals surface area contributed by atoms with Crippen molar-refractivity contribution in [3.63, 3.8) is 0 Å². The van der Waals surface area contributed by atoms with E-state index in [9.17, 15) is 4.79 Å². The summed E-state index contributed by atoms with van der Waals surface area (Å²) in [7, 11) is 0. The number of carbonyl (C=O) groups excluding carboxylic acids is 1. The number of rotatable bonds is 8. The Bertz CT molecular complexity index is 205. The fourth-order valence-corrected chi connectivity index (χ4v) is 1.52. The van der Waals surface area contributed by atoms with Gasteiger partial charge in [-0.2, -0.15) is 0 Å². The number of unbranched alkanes of at least 4 members (excludes halogenated alkanes) is 2. The van der Waals surface area contributed by atoms with Crippen molar-refractivity contribution in [1.82, 2.24) is 5.32 Å². The van der Waals surface area contributed by atoms with E-state index >= 15 is 0 Å². The van der Waals surface area contributed by atoms with Crippen LogP contribution in [0, 0.1) is 18.3 Å². The Labute approximate surface area is 93.8 Å². The molecule has 0 bridgehead atoms. The molecular formula is C13H23NO. The molecule has 0 fully saturated rings. The Hall–Kier alpha value is -0.970. The Morgan fingerprint density at radius 3 is 2.67 bits per heavy atom. The highest BCUT2D eigenvalue weighted by Gasteiger charge is 2.14. The topological polar surface area (TPSA) is 29.1 Å². The van der Waals surface area contributed by atoms with Crippen molar-refractivity contribution in [2.75, 3.05) is 6.54 Å². The van der Waals surface area contributed by atoms with Gasteiger partial charge in [0.25, 0.3) is 0 Å². The number of amides is 1. The van der Waals surface area contributed by atoms with Gasteiger partial charge >= 0.3 is 0 Å². The first-order valence-electron chi connectivity index (χ1n) is 5.97. The molecule has 0 heterocycles. The first-order valence-corrected chi connectivity index (χ1v) is 5.97. The maximum atomic E-state index is 11.7. The molecule has 0 aromatic rings. The quantitative estimate of drug-likeness (QED) is 0.483. The van der Waals surface area contributed by atoms with Crippen molar-refractivity contribution >= 4 is 5.91 Å². The van der Waals surface area contributed by atoms with Gasteiger partial charge in [0.15, 0.2) is 0 Å². The highest BCUT2D eigenvalue weighted by atomic mass is 16.1. The molecule has 0 aliphatic heterocycles. The van der Waals surface area contributed by atoms with E-state index in [1.807, 2.05) is 0 Å². The van der Waals surface area contributed by atoms with Crippen molar-refractivity contribution in [3.05, 3.63) is 0 Å². The molecule has 0 saturated carbocycles. The third kappa shape index (κ3) is 7.02. The molecule has 0 spiro atoms. The minimum absolute atomic E-state index is 0.191. The van der Waals surface area contributed by atoms with Gasteiger partial charge in [0, 0.05) is 18.9 Å². The molecule has 1 atom stereocenters. The number of nitrogens with one attached hydrogen (secondary N) is 1. The van der Waals surface area contributed by atoms with Crippen LogP contribution in [0.1, 0.15) is 52.4 Å². The van der Waals surface area contributed by atoms with Crippen LogP contribution in [0.5, 0.6) is 0 Å². The van der Waals surface area contributed by atoms with E-state index in [4.69, 9.17) is 6.42 Å². The molecule has 0 aromatic carbocycles. The Kier molecular flexibility index (Phi) is 8.96. The van der Waals surface area contributed by atoms with Crippen LogP contribution in [0.3, 0.4) is 0 Å². The van der Waals surface area contributed by atoms with Crippen molar-refractivity contribution in [2.24, 2.45) is 5.92 Å². The van der Waals surface area contributed by atoms with Crippen LogP contribution in [0.4, 0.5) is 0 Å². The second kappa shape index (κ2) is 9.58. The lowest BCUT2D eigenvalue weighted by Gasteiger charge is -2.14. The molecule has 0 saturated heterocycles. The number of carbonyl (C=O) groups is 1. The zero-order chi connectivity index (χ0) is 11.5. The Morgan fingerprint density at radius 1 is 1.40 bits per heavy atom. The van der Waals surface area contributed by atoms with Crippen LogP contribution >= 0.6 is 0 Å². The summed E-state index contributed by atoms with van der Waals surface area (Å²) in [6.07, 6.45) is 11.0. The summed E-state index contributed by atoms with van der Waals surface area (Å²) in [5.41, 5.74) is 0. The first kappa shape index (κ1) is 14.0. The highest BCUT2D eigenvalue weighted by Crippen LogP contribution is 2.12. The van der Waals surface area contributed by atoms with Gasteiger partial charge in [-0.05, 0) is 19.3 Å². The van der Waals surface area contributed by atoms with Gasteiger partial charge in [-0.25, -0.2) is 0 Å². The van der Waals surface area contributed by atoms with E-state index in [2.05, 4.69) is 25.1 Å². The van der Waals surface area contributed by atoms with Gasteiger partial charge in [0.1, 0.15) is 0 Å². The van der Waals surface area contributed by atoms with Crippen molar-refractivity contribution in [1.29, 1.82) is 0 Å². The number of hydrogen-bond donors (Lipinski definition) is 1. The second-order valence-electron chi connectivity index (χ2n) is 3.85. The zero-order valence-electron chi connectivity index (χ0n) is 10.0. The fourth-order valence-electron chi connectivity index (χ4n) is 1.52. The average Bonchev–Trinajstić information content (AvgIpc) is 2.25. The maximum Gasteiger partial charge on any atom is 0.223 e. The summed E-state index contributed by atoms with van der Waals surface area (Å²) in [5.74, 6) is 2.96. The molecule has 1 unspecified atom stereocenters. The Morgan fingerprint density at radius 2 is 2.13 bits per heavy atom. The van der Waals surface area contributed by atoms with Crippen LogP contribution in [0.25, 0.3) is 0 Å². The van der Waals surface area contributed by atoms with Gasteiger partial charge in [0.2, 0.25) is 5.91 Å². The predicted molar refractivity (Wildman–Crippen MR) is 64.4 cm³/mol. The summed E-state index contributed by atoms with van der Waals surface area (Å²) in [4.78, 5) is 11.7. The molecular weight excluding hydrogens is 186 g/mol. The third-order valence-corrected chi connectivity index (χ3v) is 2.57. The lowest BCUT2D eigenvalue weighted by atomic mass is 9.98. The summed E-state index contributed by atoms with van der Waals surface area (Å²) >= 11 is 0. The maximum absolute atomic E-state index is 11.7. The van der Waals surface area contributed by atoms with Gasteiger partial charge < -0.3 is 5.32 Å². The molecule has 2 heteroatoms. The van der Waals surface area contributed by atoms with Gasteiger partial charge in [-0.1, -0.05) is 26.7 Å². The molecule has 1 N–H and O–H groups in total. The van der Waals surface area contributed by atoms with Crippen molar-refractivity contribution in [2.45, 2.75) is 52.4 Å². The molecule has 0 aliphatic carbocycles. The van der Waals surface area contributed by atoms with E-state index in [1.165, 1.54) is 0 Å². The van der Waals surface area contributed by atoms with E-state index in [0.29, 0.717) is 6.54 Å². The van der Waals surface area contributed by atoms with Crippen LogP contribution in [-0.2, 0) is 4.79 Å². The van der Waals surface area contributed by atoms with Gasteiger partial charge in [0.05, 0.1) is 0 Å². The number of hydrogen-bond acceptors (Lipinski definition) is 1. The van der Waals surface area contributed by atoms with Crippen molar-refractivity contribution < 1.29 is 4.79 Å². The molecule has 0 rings (SSSR count). The van der Waals surface area contributed by atoms with E-state index < -0.39 is 0 Å². The standard InChI is InChI=1S/C13H23NO/c1-4-7-9-11-14-13(15)12(6-3)10-8-5-2/h1,12H,5-11H2,2-3H3,(H,14,15). The predicted octanol–water partition coefficient (Wildman–Crippen LogP) is 2.73. The zero-order valence-corrected chi connectivity index (χ0v) is 10.0. The first-order chi connectivity index (χ1) is 7.26. The van der Waals surface area contributed by atoms with Crippen LogP contribution in [-0.4, -0.2) is 12.5 Å². The van der Waals surface area contributed by atoms with Gasteiger partial charge in [-0.15, -0.1) is 12.3 Å². The summed E-state index contributed by atoms with van der Waals surface area (Å²) in [6.45, 7) is 4.94. The smallest absolute Gasteiger partial charge is 0.223 e. The largest absolute Gasteiger partial charge is 0.356 e. The van der Waals surface area contributed by atoms with Crippen LogP contribution in [0.15, 0.2) is 0 Å². The third-order valence-electron chi connectivity index (χ3n) is 2.57. The van der Waals surface area contributed by atoms with E-state index in [-0.39, 0.29) is 11.8 Å². The van der Waals surface area contributed by atoms with Gasteiger partial charge in [-0.3, -0.25) is 4.79 Å². The lowest BCUT2D eigenvalue weighted by Crippen LogP contribution is -2.31. The highest BCUT2D eigenvalue weighted by molar-refractivity contribution is 5.78. The summed E-state index contributed by atoms with van der Waals surface area (Å²) in [6, 6.07) is 0. The summed E-state index contributed by atoms with van der Waals surface area (Å²) in [5, 5.41) is 2.94. The van der Waals surface area contributed by atoms with Crippen LogP contribution < -0.4 is 5.32 Å². The average molecular weight is 209 g/mol. The second-order valence-corrected chi connectivity index (χ2v) is 3.85. The molecule has 15 heavy (non-hydrogen) atoms. The minimum atomic E-state index is 0.191. The molecule has 0 radical (unpaired) electrons. The monoisotopic (exact) mass is 209 g/mol. The SMILES string of the molecule is C#CCCCNC(=O)C(CC)CCCC. The van der Waals surface area contributed by atoms with Crippen LogP contribution in [0.2, 0.25) is 0 Å². The molecule has 86 valence electrons. The van der Waals surface area contributed by atoms with E-state index in [1.54, 1.807) is 0 Å². The van der Waals surface area contributed by atoms with Crippen molar-refractivity contribution in [3.8, 4) is 12.3 Å². The molecule has 2 nitrogen and oxygen atoms in total.